The van der Waals surface area contributed by atoms with Crippen LogP contribution in [0.3, 0.4) is 0 Å². The zero-order valence-corrected chi connectivity index (χ0v) is 11.7. The molecule has 0 N–H and O–H groups in total. The van der Waals surface area contributed by atoms with Crippen molar-refractivity contribution in [1.29, 1.82) is 0 Å². The third-order valence-electron chi connectivity index (χ3n) is 3.91. The van der Waals surface area contributed by atoms with Gasteiger partial charge in [-0.2, -0.15) is 0 Å². The lowest BCUT2D eigenvalue weighted by Gasteiger charge is -2.44. The SMILES string of the molecule is C=CCN1CC(=O)N2CCc3ccccc3C2C1.Cl. The largest absolute Gasteiger partial charge is 0.333 e. The predicted molar refractivity (Wildman–Crippen MR) is 78.5 cm³/mol. The summed E-state index contributed by atoms with van der Waals surface area (Å²) in [6.45, 7) is 6.87. The number of carbonyl (C=O) groups is 1. The van der Waals surface area contributed by atoms with Crippen LogP contribution in [0.15, 0.2) is 36.9 Å². The predicted octanol–water partition coefficient (Wildman–Crippen LogP) is 2.04. The zero-order valence-electron chi connectivity index (χ0n) is 10.9. The van der Waals surface area contributed by atoms with E-state index in [9.17, 15) is 4.79 Å². The monoisotopic (exact) mass is 278 g/mol. The Bertz CT molecular complexity index is 489. The summed E-state index contributed by atoms with van der Waals surface area (Å²) < 4.78 is 0. The number of carbonyl (C=O) groups excluding carboxylic acids is 1. The van der Waals surface area contributed by atoms with Gasteiger partial charge in [0.25, 0.3) is 0 Å². The second kappa shape index (κ2) is 5.76. The summed E-state index contributed by atoms with van der Waals surface area (Å²) >= 11 is 0. The van der Waals surface area contributed by atoms with Gasteiger partial charge in [0.05, 0.1) is 12.6 Å². The van der Waals surface area contributed by atoms with Crippen molar-refractivity contribution in [2.75, 3.05) is 26.2 Å². The molecule has 19 heavy (non-hydrogen) atoms. The van der Waals surface area contributed by atoms with Crippen molar-refractivity contribution in [1.82, 2.24) is 9.80 Å². The van der Waals surface area contributed by atoms with Crippen LogP contribution in [0, 0.1) is 0 Å². The van der Waals surface area contributed by atoms with Gasteiger partial charge in [-0.15, -0.1) is 19.0 Å². The first-order valence-corrected chi connectivity index (χ1v) is 6.50. The maximum absolute atomic E-state index is 12.2. The van der Waals surface area contributed by atoms with Gasteiger partial charge in [-0.1, -0.05) is 30.3 Å². The molecule has 2 heterocycles. The summed E-state index contributed by atoms with van der Waals surface area (Å²) in [5.41, 5.74) is 2.72. The zero-order chi connectivity index (χ0) is 12.5. The number of hydrogen-bond donors (Lipinski definition) is 0. The summed E-state index contributed by atoms with van der Waals surface area (Å²) in [4.78, 5) is 16.4. The van der Waals surface area contributed by atoms with E-state index in [1.807, 2.05) is 11.0 Å². The third kappa shape index (κ3) is 2.53. The molecule has 0 aliphatic carbocycles. The van der Waals surface area contributed by atoms with E-state index in [1.54, 1.807) is 0 Å². The highest BCUT2D eigenvalue weighted by molar-refractivity contribution is 5.85. The number of halogens is 1. The van der Waals surface area contributed by atoms with Gasteiger partial charge in [0.1, 0.15) is 0 Å². The topological polar surface area (TPSA) is 23.6 Å². The smallest absolute Gasteiger partial charge is 0.237 e. The molecule has 0 radical (unpaired) electrons. The van der Waals surface area contributed by atoms with Gasteiger partial charge in [0.15, 0.2) is 0 Å². The van der Waals surface area contributed by atoms with Crippen molar-refractivity contribution in [3.05, 3.63) is 48.0 Å². The number of benzene rings is 1. The molecule has 0 aromatic heterocycles. The van der Waals surface area contributed by atoms with Crippen LogP contribution in [0.2, 0.25) is 0 Å². The maximum Gasteiger partial charge on any atom is 0.237 e. The van der Waals surface area contributed by atoms with Crippen LogP contribution in [0.1, 0.15) is 17.2 Å². The number of hydrogen-bond acceptors (Lipinski definition) is 2. The lowest BCUT2D eigenvalue weighted by atomic mass is 9.91. The standard InChI is InChI=1S/C15H18N2O.ClH/c1-2-8-16-10-14-13-6-4-3-5-12(13)7-9-17(14)15(18)11-16;/h2-6,14H,1,7-11H2;1H. The molecule has 0 spiro atoms. The van der Waals surface area contributed by atoms with Crippen LogP contribution in [0.4, 0.5) is 0 Å². The molecule has 1 unspecified atom stereocenters. The molecule has 1 fully saturated rings. The van der Waals surface area contributed by atoms with Crippen LogP contribution in [-0.4, -0.2) is 41.9 Å². The van der Waals surface area contributed by atoms with Gasteiger partial charge in [0.2, 0.25) is 5.91 Å². The highest BCUT2D eigenvalue weighted by atomic mass is 35.5. The first-order chi connectivity index (χ1) is 8.79. The van der Waals surface area contributed by atoms with Crippen molar-refractivity contribution in [2.24, 2.45) is 0 Å². The molecule has 1 saturated heterocycles. The third-order valence-corrected chi connectivity index (χ3v) is 3.91. The van der Waals surface area contributed by atoms with Crippen LogP contribution in [-0.2, 0) is 11.2 Å². The highest BCUT2D eigenvalue weighted by Crippen LogP contribution is 2.32. The normalized spacial score (nSPS) is 22.2. The molecule has 3 rings (SSSR count). The van der Waals surface area contributed by atoms with Gasteiger partial charge < -0.3 is 4.90 Å². The Morgan fingerprint density at radius 3 is 2.95 bits per heavy atom. The Balaban J connectivity index is 0.00000133. The van der Waals surface area contributed by atoms with E-state index in [4.69, 9.17) is 0 Å². The van der Waals surface area contributed by atoms with E-state index in [0.717, 1.165) is 26.1 Å². The van der Waals surface area contributed by atoms with Crippen molar-refractivity contribution in [3.63, 3.8) is 0 Å². The molecular weight excluding hydrogens is 260 g/mol. The summed E-state index contributed by atoms with van der Waals surface area (Å²) in [7, 11) is 0. The fourth-order valence-corrected chi connectivity index (χ4v) is 3.06. The molecule has 102 valence electrons. The molecule has 0 bridgehead atoms. The molecule has 1 atom stereocenters. The van der Waals surface area contributed by atoms with Crippen molar-refractivity contribution >= 4 is 18.3 Å². The summed E-state index contributed by atoms with van der Waals surface area (Å²) in [6.07, 6.45) is 2.86. The quantitative estimate of drug-likeness (QED) is 0.773. The number of nitrogens with zero attached hydrogens (tertiary/aromatic N) is 2. The van der Waals surface area contributed by atoms with Gasteiger partial charge in [-0.25, -0.2) is 0 Å². The van der Waals surface area contributed by atoms with Crippen LogP contribution in [0.25, 0.3) is 0 Å². The van der Waals surface area contributed by atoms with Crippen LogP contribution >= 0.6 is 12.4 Å². The van der Waals surface area contributed by atoms with Crippen LogP contribution in [0.5, 0.6) is 0 Å². The van der Waals surface area contributed by atoms with Crippen LogP contribution < -0.4 is 0 Å². The van der Waals surface area contributed by atoms with Gasteiger partial charge >= 0.3 is 0 Å². The van der Waals surface area contributed by atoms with E-state index < -0.39 is 0 Å². The average Bonchev–Trinajstić information content (AvgIpc) is 2.39. The van der Waals surface area contributed by atoms with Crippen molar-refractivity contribution < 1.29 is 4.79 Å². The Hall–Kier alpha value is -1.32. The Morgan fingerprint density at radius 1 is 1.37 bits per heavy atom. The number of rotatable bonds is 2. The van der Waals surface area contributed by atoms with Gasteiger partial charge in [0, 0.05) is 19.6 Å². The summed E-state index contributed by atoms with van der Waals surface area (Å²) in [6, 6.07) is 8.73. The highest BCUT2D eigenvalue weighted by Gasteiger charge is 2.36. The molecule has 3 nitrogen and oxygen atoms in total. The second-order valence-electron chi connectivity index (χ2n) is 5.03. The molecule has 0 saturated carbocycles. The Morgan fingerprint density at radius 2 is 2.16 bits per heavy atom. The fourth-order valence-electron chi connectivity index (χ4n) is 3.06. The maximum atomic E-state index is 12.2. The van der Waals surface area contributed by atoms with E-state index in [2.05, 4.69) is 35.7 Å². The minimum atomic E-state index is 0. The lowest BCUT2D eigenvalue weighted by Crippen LogP contribution is -2.54. The van der Waals surface area contributed by atoms with Gasteiger partial charge in [-0.05, 0) is 17.5 Å². The fraction of sp³-hybridized carbons (Fsp3) is 0.400. The second-order valence-corrected chi connectivity index (χ2v) is 5.03. The van der Waals surface area contributed by atoms with Crippen molar-refractivity contribution in [2.45, 2.75) is 12.5 Å². The molecular formula is C15H19ClN2O. The van der Waals surface area contributed by atoms with Gasteiger partial charge in [-0.3, -0.25) is 9.69 Å². The average molecular weight is 279 g/mol. The number of amides is 1. The Labute approximate surface area is 120 Å². The molecule has 1 aromatic carbocycles. The van der Waals surface area contributed by atoms with E-state index in [-0.39, 0.29) is 24.4 Å². The summed E-state index contributed by atoms with van der Waals surface area (Å²) in [5.74, 6) is 0.252. The summed E-state index contributed by atoms with van der Waals surface area (Å²) in [5, 5.41) is 0. The molecule has 2 aliphatic heterocycles. The minimum Gasteiger partial charge on any atom is -0.333 e. The molecule has 2 aliphatic rings. The van der Waals surface area contributed by atoms with Crippen molar-refractivity contribution in [3.8, 4) is 0 Å². The number of piperazine rings is 1. The van der Waals surface area contributed by atoms with E-state index >= 15 is 0 Å². The van der Waals surface area contributed by atoms with E-state index in [1.165, 1.54) is 11.1 Å². The Kier molecular flexibility index (Phi) is 4.27. The molecule has 4 heteroatoms. The first kappa shape index (κ1) is 14.1. The van der Waals surface area contributed by atoms with E-state index in [0.29, 0.717) is 6.54 Å². The molecule has 1 aromatic rings. The minimum absolute atomic E-state index is 0. The lowest BCUT2D eigenvalue weighted by molar-refractivity contribution is -0.140. The first-order valence-electron chi connectivity index (χ1n) is 6.50. The number of fused-ring (bicyclic) bond motifs is 3. The molecule has 1 amide bonds.